The highest BCUT2D eigenvalue weighted by atomic mass is 35.5. The number of halogens is 1. The fourth-order valence-corrected chi connectivity index (χ4v) is 2.30. The van der Waals surface area contributed by atoms with Crippen molar-refractivity contribution in [3.05, 3.63) is 34.9 Å². The number of amides is 1. The van der Waals surface area contributed by atoms with Gasteiger partial charge < -0.3 is 15.2 Å². The molecule has 1 aromatic rings. The van der Waals surface area contributed by atoms with Gasteiger partial charge in [0, 0.05) is 5.02 Å². The number of aliphatic carboxylic acids is 1. The molecule has 5 nitrogen and oxygen atoms in total. The third kappa shape index (κ3) is 3.49. The molecule has 3 atom stereocenters. The Kier molecular flexibility index (Phi) is 4.62. The van der Waals surface area contributed by atoms with Crippen molar-refractivity contribution in [1.29, 1.82) is 0 Å². The molecule has 3 unspecified atom stereocenters. The standard InChI is InChI=1S/C14H16ClNO4/c1-8-2-7-11(20-8)13(17)16-12(14(18)19)9-3-5-10(15)6-4-9/h3-6,8,11-12H,2,7H2,1H3,(H,16,17)(H,18,19). The van der Waals surface area contributed by atoms with Crippen molar-refractivity contribution in [2.24, 2.45) is 0 Å². The van der Waals surface area contributed by atoms with Gasteiger partial charge in [0.1, 0.15) is 6.10 Å². The van der Waals surface area contributed by atoms with Crippen LogP contribution in [0.5, 0.6) is 0 Å². The molecule has 0 spiro atoms. The van der Waals surface area contributed by atoms with Crippen molar-refractivity contribution in [3.63, 3.8) is 0 Å². The van der Waals surface area contributed by atoms with E-state index in [0.29, 0.717) is 17.0 Å². The lowest BCUT2D eigenvalue weighted by Crippen LogP contribution is -2.40. The van der Waals surface area contributed by atoms with E-state index in [-0.39, 0.29) is 6.10 Å². The van der Waals surface area contributed by atoms with Gasteiger partial charge in [0.05, 0.1) is 6.10 Å². The molecule has 1 saturated heterocycles. The maximum Gasteiger partial charge on any atom is 0.330 e. The number of carbonyl (C=O) groups excluding carboxylic acids is 1. The van der Waals surface area contributed by atoms with Crippen molar-refractivity contribution >= 4 is 23.5 Å². The molecule has 20 heavy (non-hydrogen) atoms. The summed E-state index contributed by atoms with van der Waals surface area (Å²) in [4.78, 5) is 23.3. The molecule has 0 bridgehead atoms. The lowest BCUT2D eigenvalue weighted by atomic mass is 10.1. The minimum absolute atomic E-state index is 0.0320. The summed E-state index contributed by atoms with van der Waals surface area (Å²) < 4.78 is 5.43. The van der Waals surface area contributed by atoms with Crippen molar-refractivity contribution in [2.45, 2.75) is 38.0 Å². The summed E-state index contributed by atoms with van der Waals surface area (Å²) in [6, 6.07) is 5.25. The first-order valence-electron chi connectivity index (χ1n) is 6.41. The van der Waals surface area contributed by atoms with Crippen LogP contribution in [0.3, 0.4) is 0 Å². The Morgan fingerprint density at radius 3 is 2.50 bits per heavy atom. The highest BCUT2D eigenvalue weighted by Crippen LogP contribution is 2.21. The molecule has 1 aliphatic heterocycles. The lowest BCUT2D eigenvalue weighted by molar-refractivity contribution is -0.144. The van der Waals surface area contributed by atoms with Crippen LogP contribution < -0.4 is 5.32 Å². The van der Waals surface area contributed by atoms with E-state index in [2.05, 4.69) is 5.32 Å². The van der Waals surface area contributed by atoms with E-state index in [1.54, 1.807) is 24.3 Å². The number of carbonyl (C=O) groups is 2. The molecule has 1 amide bonds. The number of nitrogens with one attached hydrogen (secondary N) is 1. The summed E-state index contributed by atoms with van der Waals surface area (Å²) >= 11 is 5.77. The van der Waals surface area contributed by atoms with Gasteiger partial charge in [0.15, 0.2) is 6.04 Å². The maximum absolute atomic E-state index is 12.0. The highest BCUT2D eigenvalue weighted by molar-refractivity contribution is 6.30. The second-order valence-corrected chi connectivity index (χ2v) is 5.28. The summed E-state index contributed by atoms with van der Waals surface area (Å²) in [5.41, 5.74) is 0.473. The van der Waals surface area contributed by atoms with Crippen molar-refractivity contribution in [3.8, 4) is 0 Å². The van der Waals surface area contributed by atoms with Gasteiger partial charge in [-0.3, -0.25) is 4.79 Å². The number of carboxylic acid groups (broad SMARTS) is 1. The van der Waals surface area contributed by atoms with E-state index in [4.69, 9.17) is 16.3 Å². The average Bonchev–Trinajstić information content (AvgIpc) is 2.83. The summed E-state index contributed by atoms with van der Waals surface area (Å²) in [5.74, 6) is -1.51. The van der Waals surface area contributed by atoms with Crippen LogP contribution in [-0.4, -0.2) is 29.2 Å². The minimum Gasteiger partial charge on any atom is -0.479 e. The van der Waals surface area contributed by atoms with Gasteiger partial charge in [0.25, 0.3) is 0 Å². The van der Waals surface area contributed by atoms with Gasteiger partial charge >= 0.3 is 5.97 Å². The van der Waals surface area contributed by atoms with Crippen LogP contribution >= 0.6 is 11.6 Å². The topological polar surface area (TPSA) is 75.6 Å². The number of benzene rings is 1. The van der Waals surface area contributed by atoms with E-state index in [1.807, 2.05) is 6.92 Å². The Hall–Kier alpha value is -1.59. The van der Waals surface area contributed by atoms with E-state index < -0.39 is 24.0 Å². The average molecular weight is 298 g/mol. The van der Waals surface area contributed by atoms with Crippen LogP contribution in [0.4, 0.5) is 0 Å². The van der Waals surface area contributed by atoms with Crippen LogP contribution in [0.15, 0.2) is 24.3 Å². The predicted molar refractivity (Wildman–Crippen MR) is 73.5 cm³/mol. The summed E-state index contributed by atoms with van der Waals surface area (Å²) in [6.45, 7) is 1.89. The van der Waals surface area contributed by atoms with Gasteiger partial charge in [-0.25, -0.2) is 4.79 Å². The van der Waals surface area contributed by atoms with Crippen LogP contribution in [0.2, 0.25) is 5.02 Å². The Morgan fingerprint density at radius 2 is 2.00 bits per heavy atom. The third-order valence-corrected chi connectivity index (χ3v) is 3.51. The minimum atomic E-state index is -1.12. The van der Waals surface area contributed by atoms with Gasteiger partial charge in [-0.1, -0.05) is 23.7 Å². The first-order valence-corrected chi connectivity index (χ1v) is 6.79. The molecular formula is C14H16ClNO4. The molecule has 0 aliphatic carbocycles. The fourth-order valence-electron chi connectivity index (χ4n) is 2.17. The molecule has 108 valence electrons. The first kappa shape index (κ1) is 14.8. The van der Waals surface area contributed by atoms with E-state index >= 15 is 0 Å². The third-order valence-electron chi connectivity index (χ3n) is 3.26. The normalized spacial score (nSPS) is 23.3. The van der Waals surface area contributed by atoms with E-state index in [0.717, 1.165) is 6.42 Å². The highest BCUT2D eigenvalue weighted by Gasteiger charge is 2.31. The number of hydrogen-bond donors (Lipinski definition) is 2. The van der Waals surface area contributed by atoms with Crippen LogP contribution in [0.25, 0.3) is 0 Å². The Labute approximate surface area is 121 Å². The van der Waals surface area contributed by atoms with E-state index in [9.17, 15) is 14.7 Å². The zero-order chi connectivity index (χ0) is 14.7. The molecule has 1 fully saturated rings. The number of ether oxygens (including phenoxy) is 1. The van der Waals surface area contributed by atoms with Crippen LogP contribution in [0.1, 0.15) is 31.4 Å². The Balaban J connectivity index is 2.08. The van der Waals surface area contributed by atoms with Gasteiger partial charge in [0.2, 0.25) is 5.91 Å². The summed E-state index contributed by atoms with van der Waals surface area (Å²) in [7, 11) is 0. The zero-order valence-electron chi connectivity index (χ0n) is 11.0. The quantitative estimate of drug-likeness (QED) is 0.893. The molecule has 1 aromatic carbocycles. The predicted octanol–water partition coefficient (Wildman–Crippen LogP) is 2.15. The molecule has 1 heterocycles. The molecule has 1 aliphatic rings. The number of carboxylic acids is 1. The molecule has 0 radical (unpaired) electrons. The summed E-state index contributed by atoms with van der Waals surface area (Å²) in [5, 5.41) is 12.3. The Bertz CT molecular complexity index is 502. The van der Waals surface area contributed by atoms with Crippen LogP contribution in [0, 0.1) is 0 Å². The maximum atomic E-state index is 12.0. The monoisotopic (exact) mass is 297 g/mol. The SMILES string of the molecule is CC1CCC(C(=O)NC(C(=O)O)c2ccc(Cl)cc2)O1. The van der Waals surface area contributed by atoms with Gasteiger partial charge in [-0.2, -0.15) is 0 Å². The largest absolute Gasteiger partial charge is 0.479 e. The molecular weight excluding hydrogens is 282 g/mol. The van der Waals surface area contributed by atoms with Gasteiger partial charge in [-0.05, 0) is 37.5 Å². The Morgan fingerprint density at radius 1 is 1.35 bits per heavy atom. The molecule has 0 saturated carbocycles. The summed E-state index contributed by atoms with van der Waals surface area (Å²) in [6.07, 6.45) is 0.875. The fraction of sp³-hybridized carbons (Fsp3) is 0.429. The lowest BCUT2D eigenvalue weighted by Gasteiger charge is -2.18. The second-order valence-electron chi connectivity index (χ2n) is 4.84. The number of rotatable bonds is 4. The van der Waals surface area contributed by atoms with E-state index in [1.165, 1.54) is 0 Å². The molecule has 0 aromatic heterocycles. The molecule has 2 N–H and O–H groups in total. The molecule has 2 rings (SSSR count). The van der Waals surface area contributed by atoms with Crippen molar-refractivity contribution in [2.75, 3.05) is 0 Å². The van der Waals surface area contributed by atoms with Crippen molar-refractivity contribution in [1.82, 2.24) is 5.32 Å². The van der Waals surface area contributed by atoms with Crippen LogP contribution in [-0.2, 0) is 14.3 Å². The second kappa shape index (κ2) is 6.24. The first-order chi connectivity index (χ1) is 9.47. The zero-order valence-corrected chi connectivity index (χ0v) is 11.8. The number of hydrogen-bond acceptors (Lipinski definition) is 3. The smallest absolute Gasteiger partial charge is 0.330 e. The molecule has 6 heteroatoms. The van der Waals surface area contributed by atoms with Gasteiger partial charge in [-0.15, -0.1) is 0 Å². The van der Waals surface area contributed by atoms with Crippen molar-refractivity contribution < 1.29 is 19.4 Å².